The molecule has 0 aliphatic rings. The average Bonchev–Trinajstić information content (AvgIpc) is 2.61. The molecular formula is C20H24BrNO4. The normalized spacial score (nSPS) is 10.3. The Hall–Kier alpha value is -2.21. The van der Waals surface area contributed by atoms with E-state index in [0.717, 1.165) is 10.0 Å². The summed E-state index contributed by atoms with van der Waals surface area (Å²) in [7, 11) is 0. The van der Waals surface area contributed by atoms with Crippen LogP contribution in [0.2, 0.25) is 0 Å². The summed E-state index contributed by atoms with van der Waals surface area (Å²) in [6.45, 7) is 9.04. The third kappa shape index (κ3) is 4.91. The van der Waals surface area contributed by atoms with Gasteiger partial charge in [0.25, 0.3) is 5.91 Å². The van der Waals surface area contributed by atoms with E-state index in [-0.39, 0.29) is 5.91 Å². The second-order valence-corrected chi connectivity index (χ2v) is 6.37. The lowest BCUT2D eigenvalue weighted by Gasteiger charge is -2.17. The summed E-state index contributed by atoms with van der Waals surface area (Å²) in [6.07, 6.45) is 0. The van der Waals surface area contributed by atoms with Crippen molar-refractivity contribution in [2.24, 2.45) is 0 Å². The number of benzene rings is 2. The first kappa shape index (κ1) is 20.1. The second-order valence-electron chi connectivity index (χ2n) is 5.52. The lowest BCUT2D eigenvalue weighted by Crippen LogP contribution is -2.13. The maximum Gasteiger partial charge on any atom is 0.255 e. The molecule has 0 bridgehead atoms. The number of hydrogen-bond donors (Lipinski definition) is 1. The van der Waals surface area contributed by atoms with E-state index >= 15 is 0 Å². The third-order valence-corrected chi connectivity index (χ3v) is 4.46. The van der Waals surface area contributed by atoms with Crippen molar-refractivity contribution in [3.05, 3.63) is 45.9 Å². The van der Waals surface area contributed by atoms with Crippen molar-refractivity contribution in [1.29, 1.82) is 0 Å². The van der Waals surface area contributed by atoms with Gasteiger partial charge in [-0.05, 0) is 57.5 Å². The molecule has 0 aliphatic heterocycles. The van der Waals surface area contributed by atoms with Crippen molar-refractivity contribution < 1.29 is 19.0 Å². The Morgan fingerprint density at radius 3 is 2.04 bits per heavy atom. The monoisotopic (exact) mass is 421 g/mol. The van der Waals surface area contributed by atoms with E-state index in [2.05, 4.69) is 21.2 Å². The SMILES string of the molecule is CCOc1cc(C(=O)Nc2ccc(C)c(Br)c2)cc(OCC)c1OCC. The number of hydrogen-bond acceptors (Lipinski definition) is 4. The van der Waals surface area contributed by atoms with Crippen molar-refractivity contribution in [1.82, 2.24) is 0 Å². The van der Waals surface area contributed by atoms with Gasteiger partial charge in [0.1, 0.15) is 0 Å². The van der Waals surface area contributed by atoms with Crippen LogP contribution in [0.4, 0.5) is 5.69 Å². The highest BCUT2D eigenvalue weighted by Gasteiger charge is 2.18. The van der Waals surface area contributed by atoms with Crippen molar-refractivity contribution >= 4 is 27.5 Å². The molecule has 1 amide bonds. The van der Waals surface area contributed by atoms with Gasteiger partial charge in [-0.3, -0.25) is 4.79 Å². The lowest BCUT2D eigenvalue weighted by molar-refractivity contribution is 0.102. The molecule has 0 unspecified atom stereocenters. The predicted molar refractivity (Wildman–Crippen MR) is 107 cm³/mol. The van der Waals surface area contributed by atoms with E-state index in [4.69, 9.17) is 14.2 Å². The number of nitrogens with one attached hydrogen (secondary N) is 1. The molecule has 0 radical (unpaired) electrons. The molecule has 0 aliphatic carbocycles. The minimum absolute atomic E-state index is 0.245. The van der Waals surface area contributed by atoms with Crippen molar-refractivity contribution in [2.75, 3.05) is 25.1 Å². The molecule has 5 nitrogen and oxygen atoms in total. The van der Waals surface area contributed by atoms with Gasteiger partial charge < -0.3 is 19.5 Å². The Morgan fingerprint density at radius 1 is 0.962 bits per heavy atom. The van der Waals surface area contributed by atoms with Crippen LogP contribution in [0.3, 0.4) is 0 Å². The summed E-state index contributed by atoms with van der Waals surface area (Å²) in [5.74, 6) is 1.27. The molecule has 140 valence electrons. The van der Waals surface area contributed by atoms with E-state index in [0.29, 0.717) is 48.3 Å². The molecule has 0 fully saturated rings. The number of halogens is 1. The maximum atomic E-state index is 12.7. The van der Waals surface area contributed by atoms with Gasteiger partial charge in [0.05, 0.1) is 19.8 Å². The number of carbonyl (C=O) groups is 1. The molecule has 2 aromatic carbocycles. The first-order valence-electron chi connectivity index (χ1n) is 8.64. The average molecular weight is 422 g/mol. The summed E-state index contributed by atoms with van der Waals surface area (Å²) >= 11 is 3.48. The highest BCUT2D eigenvalue weighted by Crippen LogP contribution is 2.39. The van der Waals surface area contributed by atoms with Crippen LogP contribution < -0.4 is 19.5 Å². The fourth-order valence-corrected chi connectivity index (χ4v) is 2.77. The summed E-state index contributed by atoms with van der Waals surface area (Å²) < 4.78 is 17.9. The molecule has 1 N–H and O–H groups in total. The Labute approximate surface area is 162 Å². The first-order valence-corrected chi connectivity index (χ1v) is 9.43. The van der Waals surface area contributed by atoms with E-state index in [1.54, 1.807) is 12.1 Å². The predicted octanol–water partition coefficient (Wildman–Crippen LogP) is 5.21. The van der Waals surface area contributed by atoms with Crippen LogP contribution in [0.5, 0.6) is 17.2 Å². The Balaban J connectivity index is 2.36. The van der Waals surface area contributed by atoms with Crippen LogP contribution in [-0.4, -0.2) is 25.7 Å². The Bertz CT molecular complexity index is 749. The Kier molecular flexibility index (Phi) is 7.33. The summed E-state index contributed by atoms with van der Waals surface area (Å²) in [6, 6.07) is 9.02. The third-order valence-electron chi connectivity index (χ3n) is 3.60. The number of ether oxygens (including phenoxy) is 3. The van der Waals surface area contributed by atoms with Gasteiger partial charge in [0.15, 0.2) is 11.5 Å². The second kappa shape index (κ2) is 9.48. The summed E-state index contributed by atoms with van der Waals surface area (Å²) in [5, 5.41) is 2.90. The molecule has 26 heavy (non-hydrogen) atoms. The van der Waals surface area contributed by atoms with Crippen LogP contribution >= 0.6 is 15.9 Å². The van der Waals surface area contributed by atoms with E-state index in [1.165, 1.54) is 0 Å². The van der Waals surface area contributed by atoms with Crippen molar-refractivity contribution in [3.63, 3.8) is 0 Å². The van der Waals surface area contributed by atoms with E-state index in [1.807, 2.05) is 45.9 Å². The number of aryl methyl sites for hydroxylation is 1. The molecule has 0 saturated carbocycles. The van der Waals surface area contributed by atoms with Gasteiger partial charge in [-0.1, -0.05) is 22.0 Å². The molecule has 0 spiro atoms. The maximum absolute atomic E-state index is 12.7. The van der Waals surface area contributed by atoms with Gasteiger partial charge in [-0.2, -0.15) is 0 Å². The smallest absolute Gasteiger partial charge is 0.255 e. The number of amides is 1. The fraction of sp³-hybridized carbons (Fsp3) is 0.350. The molecule has 6 heteroatoms. The van der Waals surface area contributed by atoms with Crippen molar-refractivity contribution in [2.45, 2.75) is 27.7 Å². The van der Waals surface area contributed by atoms with Gasteiger partial charge >= 0.3 is 0 Å². The van der Waals surface area contributed by atoms with Gasteiger partial charge in [0.2, 0.25) is 5.75 Å². The highest BCUT2D eigenvalue weighted by atomic mass is 79.9. The zero-order valence-electron chi connectivity index (χ0n) is 15.5. The standard InChI is InChI=1S/C20H24BrNO4/c1-5-24-17-10-14(11-18(25-6-2)19(17)26-7-3)20(23)22-15-9-8-13(4)16(21)12-15/h8-12H,5-7H2,1-4H3,(H,22,23). The number of rotatable bonds is 8. The van der Waals surface area contributed by atoms with Gasteiger partial charge in [-0.15, -0.1) is 0 Å². The number of anilines is 1. The lowest BCUT2D eigenvalue weighted by atomic mass is 10.1. The molecule has 0 heterocycles. The molecule has 2 aromatic rings. The molecule has 0 saturated heterocycles. The topological polar surface area (TPSA) is 56.8 Å². The zero-order valence-corrected chi connectivity index (χ0v) is 17.1. The van der Waals surface area contributed by atoms with Crippen LogP contribution in [0.25, 0.3) is 0 Å². The summed E-state index contributed by atoms with van der Waals surface area (Å²) in [5.41, 5.74) is 2.25. The first-order chi connectivity index (χ1) is 12.5. The quantitative estimate of drug-likeness (QED) is 0.635. The van der Waals surface area contributed by atoms with Gasteiger partial charge in [-0.25, -0.2) is 0 Å². The largest absolute Gasteiger partial charge is 0.490 e. The zero-order chi connectivity index (χ0) is 19.1. The Morgan fingerprint density at radius 2 is 1.54 bits per heavy atom. The van der Waals surface area contributed by atoms with E-state index in [9.17, 15) is 4.79 Å². The molecule has 2 rings (SSSR count). The van der Waals surface area contributed by atoms with Crippen molar-refractivity contribution in [3.8, 4) is 17.2 Å². The molecule has 0 atom stereocenters. The van der Waals surface area contributed by atoms with Crippen LogP contribution in [-0.2, 0) is 0 Å². The van der Waals surface area contributed by atoms with Crippen LogP contribution in [0, 0.1) is 6.92 Å². The summed E-state index contributed by atoms with van der Waals surface area (Å²) in [4.78, 5) is 12.7. The highest BCUT2D eigenvalue weighted by molar-refractivity contribution is 9.10. The van der Waals surface area contributed by atoms with Gasteiger partial charge in [0, 0.05) is 15.7 Å². The van der Waals surface area contributed by atoms with E-state index < -0.39 is 0 Å². The van der Waals surface area contributed by atoms with Crippen LogP contribution in [0.15, 0.2) is 34.8 Å². The minimum Gasteiger partial charge on any atom is -0.490 e. The number of carbonyl (C=O) groups excluding carboxylic acids is 1. The minimum atomic E-state index is -0.245. The van der Waals surface area contributed by atoms with Crippen LogP contribution in [0.1, 0.15) is 36.7 Å². The molecular weight excluding hydrogens is 398 g/mol. The fourth-order valence-electron chi connectivity index (χ4n) is 2.39. The molecule has 0 aromatic heterocycles.